The molecule has 126 valence electrons. The van der Waals surface area contributed by atoms with Crippen LogP contribution in [0.3, 0.4) is 0 Å². The number of hydrogen-bond acceptors (Lipinski definition) is 5. The van der Waals surface area contributed by atoms with E-state index in [1.165, 1.54) is 4.88 Å². The molecule has 5 nitrogen and oxygen atoms in total. The molecule has 0 aliphatic carbocycles. The van der Waals surface area contributed by atoms with Crippen molar-refractivity contribution in [3.05, 3.63) is 40.9 Å². The summed E-state index contributed by atoms with van der Waals surface area (Å²) in [5.41, 5.74) is 1.55. The molecule has 2 aromatic rings. The van der Waals surface area contributed by atoms with E-state index in [9.17, 15) is 4.79 Å². The van der Waals surface area contributed by atoms with Gasteiger partial charge in [-0.1, -0.05) is 0 Å². The number of ether oxygens (including phenoxy) is 2. The summed E-state index contributed by atoms with van der Waals surface area (Å²) in [6.07, 6.45) is 3.19. The number of rotatable bonds is 2. The van der Waals surface area contributed by atoms with Crippen molar-refractivity contribution < 1.29 is 14.3 Å². The number of piperidine rings is 1. The van der Waals surface area contributed by atoms with Crippen molar-refractivity contribution in [2.24, 2.45) is 0 Å². The Hall–Kier alpha value is -1.76. The van der Waals surface area contributed by atoms with Crippen molar-refractivity contribution >= 4 is 17.2 Å². The number of amides is 1. The molecule has 24 heavy (non-hydrogen) atoms. The van der Waals surface area contributed by atoms with Gasteiger partial charge in [0.05, 0.1) is 23.8 Å². The summed E-state index contributed by atoms with van der Waals surface area (Å²) in [6.45, 7) is 4.70. The van der Waals surface area contributed by atoms with Gasteiger partial charge >= 0.3 is 0 Å². The molecule has 1 amide bonds. The van der Waals surface area contributed by atoms with E-state index >= 15 is 0 Å². The Morgan fingerprint density at radius 1 is 1.21 bits per heavy atom. The lowest BCUT2D eigenvalue weighted by Crippen LogP contribution is -2.47. The molecule has 2 aliphatic heterocycles. The minimum atomic E-state index is -0.450. The summed E-state index contributed by atoms with van der Waals surface area (Å²) in [5.74, 6) is -0.394. The van der Waals surface area contributed by atoms with Gasteiger partial charge in [0.25, 0.3) is 5.91 Å². The van der Waals surface area contributed by atoms with Crippen LogP contribution in [0.5, 0.6) is 0 Å². The van der Waals surface area contributed by atoms with Gasteiger partial charge in [-0.2, -0.15) is 0 Å². The minimum Gasteiger partial charge on any atom is -0.347 e. The lowest BCUT2D eigenvalue weighted by atomic mass is 10.0. The molecule has 0 atom stereocenters. The van der Waals surface area contributed by atoms with Crippen LogP contribution in [0.15, 0.2) is 30.5 Å². The smallest absolute Gasteiger partial charge is 0.253 e. The number of likely N-dealkylation sites (tertiary alicyclic amines) is 1. The van der Waals surface area contributed by atoms with E-state index in [1.807, 2.05) is 11.0 Å². The Morgan fingerprint density at radius 3 is 2.62 bits per heavy atom. The largest absolute Gasteiger partial charge is 0.347 e. The van der Waals surface area contributed by atoms with Gasteiger partial charge in [-0.3, -0.25) is 9.78 Å². The number of nitrogens with zero attached hydrogens (tertiary/aromatic N) is 2. The monoisotopic (exact) mass is 344 g/mol. The van der Waals surface area contributed by atoms with Gasteiger partial charge in [0.2, 0.25) is 0 Å². The van der Waals surface area contributed by atoms with Gasteiger partial charge < -0.3 is 14.4 Å². The van der Waals surface area contributed by atoms with E-state index in [4.69, 9.17) is 9.47 Å². The van der Waals surface area contributed by atoms with Crippen molar-refractivity contribution in [1.82, 2.24) is 9.88 Å². The van der Waals surface area contributed by atoms with Crippen molar-refractivity contribution in [2.75, 3.05) is 26.3 Å². The fraction of sp³-hybridized carbons (Fsp3) is 0.444. The second-order valence-corrected chi connectivity index (χ2v) is 7.53. The summed E-state index contributed by atoms with van der Waals surface area (Å²) in [7, 11) is 0. The average Bonchev–Trinajstić information content (AvgIpc) is 3.25. The van der Waals surface area contributed by atoms with E-state index in [2.05, 4.69) is 24.0 Å². The molecule has 1 spiro atoms. The van der Waals surface area contributed by atoms with Crippen LogP contribution >= 0.6 is 11.3 Å². The maximum Gasteiger partial charge on any atom is 0.253 e. The van der Waals surface area contributed by atoms with Crippen LogP contribution in [-0.2, 0) is 9.47 Å². The van der Waals surface area contributed by atoms with Gasteiger partial charge in [-0.05, 0) is 31.2 Å². The number of aryl methyl sites for hydroxylation is 1. The third-order valence-corrected chi connectivity index (χ3v) is 5.65. The van der Waals surface area contributed by atoms with Gasteiger partial charge in [0.15, 0.2) is 5.79 Å². The molecule has 0 N–H and O–H groups in total. The predicted molar refractivity (Wildman–Crippen MR) is 92.1 cm³/mol. The Balaban J connectivity index is 1.49. The summed E-state index contributed by atoms with van der Waals surface area (Å²) in [4.78, 5) is 21.4. The maximum absolute atomic E-state index is 12.8. The van der Waals surface area contributed by atoms with E-state index in [-0.39, 0.29) is 5.91 Å². The molecule has 0 radical (unpaired) electrons. The van der Waals surface area contributed by atoms with Crippen LogP contribution < -0.4 is 0 Å². The summed E-state index contributed by atoms with van der Waals surface area (Å²) in [5, 5.41) is 0. The molecule has 0 unspecified atom stereocenters. The zero-order valence-corrected chi connectivity index (χ0v) is 14.5. The van der Waals surface area contributed by atoms with E-state index < -0.39 is 5.79 Å². The lowest BCUT2D eigenvalue weighted by Gasteiger charge is -2.37. The first-order valence-electron chi connectivity index (χ1n) is 8.25. The summed E-state index contributed by atoms with van der Waals surface area (Å²) < 4.78 is 11.5. The number of aromatic nitrogens is 1. The lowest BCUT2D eigenvalue weighted by molar-refractivity contribution is -0.181. The number of carbonyl (C=O) groups excluding carboxylic acids is 1. The first-order valence-corrected chi connectivity index (χ1v) is 9.07. The van der Waals surface area contributed by atoms with Crippen LogP contribution in [0, 0.1) is 6.92 Å². The molecular formula is C18H20N2O3S. The molecule has 0 aromatic carbocycles. The number of thiophene rings is 1. The highest BCUT2D eigenvalue weighted by molar-refractivity contribution is 7.15. The zero-order chi connectivity index (χ0) is 16.6. The Bertz CT molecular complexity index is 742. The number of hydrogen-bond donors (Lipinski definition) is 0. The van der Waals surface area contributed by atoms with Crippen LogP contribution in [0.25, 0.3) is 10.6 Å². The van der Waals surface area contributed by atoms with Crippen LogP contribution in [0.4, 0.5) is 0 Å². The van der Waals surface area contributed by atoms with Gasteiger partial charge in [-0.15, -0.1) is 11.3 Å². The van der Waals surface area contributed by atoms with Crippen molar-refractivity contribution in [3.8, 4) is 10.6 Å². The average molecular weight is 344 g/mol. The van der Waals surface area contributed by atoms with Crippen molar-refractivity contribution in [2.45, 2.75) is 25.6 Å². The van der Waals surface area contributed by atoms with E-state index in [1.54, 1.807) is 23.6 Å². The molecule has 2 aromatic heterocycles. The number of pyridine rings is 1. The summed E-state index contributed by atoms with van der Waals surface area (Å²) in [6, 6.07) is 7.80. The molecule has 2 saturated heterocycles. The SMILES string of the molecule is Cc1ccc(-c2cc(C(=O)N3CCC4(CC3)OCCO4)ccn2)s1. The van der Waals surface area contributed by atoms with Crippen LogP contribution in [0.1, 0.15) is 28.1 Å². The first kappa shape index (κ1) is 15.7. The van der Waals surface area contributed by atoms with Crippen LogP contribution in [0.2, 0.25) is 0 Å². The predicted octanol–water partition coefficient (Wildman–Crippen LogP) is 3.10. The molecular weight excluding hydrogens is 324 g/mol. The van der Waals surface area contributed by atoms with Gasteiger partial charge in [0, 0.05) is 42.6 Å². The normalized spacial score (nSPS) is 19.8. The highest BCUT2D eigenvalue weighted by Gasteiger charge is 2.40. The Labute approximate surface area is 145 Å². The fourth-order valence-electron chi connectivity index (χ4n) is 3.29. The highest BCUT2D eigenvalue weighted by atomic mass is 32.1. The van der Waals surface area contributed by atoms with Crippen molar-refractivity contribution in [3.63, 3.8) is 0 Å². The highest BCUT2D eigenvalue weighted by Crippen LogP contribution is 2.32. The Morgan fingerprint density at radius 2 is 1.96 bits per heavy atom. The fourth-order valence-corrected chi connectivity index (χ4v) is 4.12. The third kappa shape index (κ3) is 2.97. The minimum absolute atomic E-state index is 0.0553. The van der Waals surface area contributed by atoms with Gasteiger partial charge in [0.1, 0.15) is 0 Å². The van der Waals surface area contributed by atoms with Gasteiger partial charge in [-0.25, -0.2) is 0 Å². The molecule has 0 bridgehead atoms. The second kappa shape index (κ2) is 6.27. The molecule has 4 heterocycles. The number of carbonyl (C=O) groups is 1. The molecule has 2 aliphatic rings. The van der Waals surface area contributed by atoms with E-state index in [0.29, 0.717) is 31.9 Å². The molecule has 6 heteroatoms. The molecule has 0 saturated carbocycles. The standard InChI is InChI=1S/C18H20N2O3S/c1-13-2-3-16(24-13)15-12-14(4-7-19-15)17(21)20-8-5-18(6-9-20)22-10-11-23-18/h2-4,7,12H,5-6,8-11H2,1H3. The third-order valence-electron chi connectivity index (χ3n) is 4.63. The van der Waals surface area contributed by atoms with E-state index in [0.717, 1.165) is 23.4 Å². The quantitative estimate of drug-likeness (QED) is 0.840. The molecule has 4 rings (SSSR count). The Kier molecular flexibility index (Phi) is 4.12. The van der Waals surface area contributed by atoms with Crippen LogP contribution in [-0.4, -0.2) is 47.9 Å². The van der Waals surface area contributed by atoms with Crippen molar-refractivity contribution in [1.29, 1.82) is 0 Å². The topological polar surface area (TPSA) is 51.7 Å². The summed E-state index contributed by atoms with van der Waals surface area (Å²) >= 11 is 1.69. The maximum atomic E-state index is 12.8. The molecule has 2 fully saturated rings. The first-order chi connectivity index (χ1) is 11.7. The second-order valence-electron chi connectivity index (χ2n) is 6.24. The zero-order valence-electron chi connectivity index (χ0n) is 13.7.